The van der Waals surface area contributed by atoms with Crippen molar-refractivity contribution in [1.29, 1.82) is 0 Å². The highest BCUT2D eigenvalue weighted by Crippen LogP contribution is 2.49. The molecule has 0 radical (unpaired) electrons. The first kappa shape index (κ1) is 17.0. The fourth-order valence-electron chi connectivity index (χ4n) is 2.72. The Balaban J connectivity index is 1.78. The molecule has 1 aliphatic carbocycles. The zero-order valence-corrected chi connectivity index (χ0v) is 14.8. The van der Waals surface area contributed by atoms with Crippen LogP contribution >= 0.6 is 11.6 Å². The smallest absolute Gasteiger partial charge is 0.235 e. The van der Waals surface area contributed by atoms with Gasteiger partial charge in [-0.3, -0.25) is 4.79 Å². The highest BCUT2D eigenvalue weighted by molar-refractivity contribution is 7.91. The first-order chi connectivity index (χ1) is 11.4. The lowest BCUT2D eigenvalue weighted by Crippen LogP contribution is -2.27. The number of halogens is 1. The molecule has 0 atom stereocenters. The second-order valence-electron chi connectivity index (χ2n) is 5.97. The summed E-state index contributed by atoms with van der Waals surface area (Å²) in [5.74, 6) is -0.0350. The minimum absolute atomic E-state index is 0.0522. The van der Waals surface area contributed by atoms with Gasteiger partial charge in [0.25, 0.3) is 0 Å². The molecule has 0 unspecified atom stereocenters. The maximum Gasteiger partial charge on any atom is 0.235 e. The Morgan fingerprint density at radius 3 is 2.38 bits per heavy atom. The predicted molar refractivity (Wildman–Crippen MR) is 95.2 cm³/mol. The van der Waals surface area contributed by atoms with Crippen molar-refractivity contribution in [2.75, 3.05) is 11.1 Å². The number of hydrogen-bond acceptors (Lipinski definition) is 3. The predicted octanol–water partition coefficient (Wildman–Crippen LogP) is 3.80. The minimum atomic E-state index is -3.23. The van der Waals surface area contributed by atoms with Gasteiger partial charge in [-0.15, -0.1) is 0 Å². The molecule has 0 saturated heterocycles. The van der Waals surface area contributed by atoms with E-state index in [0.29, 0.717) is 10.7 Å². The molecule has 0 heterocycles. The van der Waals surface area contributed by atoms with Crippen molar-refractivity contribution in [2.24, 2.45) is 0 Å². The van der Waals surface area contributed by atoms with Crippen LogP contribution in [0.3, 0.4) is 0 Å². The summed E-state index contributed by atoms with van der Waals surface area (Å²) in [5, 5.41) is 3.49. The molecule has 1 aliphatic rings. The Morgan fingerprint density at radius 2 is 1.83 bits per heavy atom. The van der Waals surface area contributed by atoms with Crippen LogP contribution in [0.2, 0.25) is 5.02 Å². The van der Waals surface area contributed by atoms with Gasteiger partial charge in [0.05, 0.1) is 16.1 Å². The number of carbonyl (C=O) groups is 1. The van der Waals surface area contributed by atoms with Crippen molar-refractivity contribution >= 4 is 33.0 Å². The normalized spacial score (nSPS) is 15.8. The molecule has 1 saturated carbocycles. The van der Waals surface area contributed by atoms with E-state index in [1.54, 1.807) is 25.1 Å². The molecule has 3 rings (SSSR count). The van der Waals surface area contributed by atoms with Gasteiger partial charge in [-0.1, -0.05) is 30.7 Å². The number of nitrogens with one attached hydrogen (secondary N) is 1. The second-order valence-corrected chi connectivity index (χ2v) is 8.69. The molecule has 0 spiro atoms. The second kappa shape index (κ2) is 6.22. The van der Waals surface area contributed by atoms with E-state index >= 15 is 0 Å². The summed E-state index contributed by atoms with van der Waals surface area (Å²) in [6.45, 7) is 1.60. The molecule has 0 aromatic heterocycles. The third kappa shape index (κ3) is 3.19. The molecule has 2 aromatic rings. The molecule has 2 aromatic carbocycles. The number of amides is 1. The van der Waals surface area contributed by atoms with Crippen molar-refractivity contribution < 1.29 is 13.2 Å². The SMILES string of the molecule is CCS(=O)(=O)c1ccc(NC(=O)C2(c3cccc(Cl)c3)CC2)cc1. The summed E-state index contributed by atoms with van der Waals surface area (Å²) in [7, 11) is -3.23. The first-order valence-electron chi connectivity index (χ1n) is 7.78. The summed E-state index contributed by atoms with van der Waals surface area (Å²) in [6, 6.07) is 13.6. The molecule has 24 heavy (non-hydrogen) atoms. The van der Waals surface area contributed by atoms with Crippen LogP contribution in [-0.2, 0) is 20.0 Å². The van der Waals surface area contributed by atoms with Gasteiger partial charge in [-0.2, -0.15) is 0 Å². The van der Waals surface area contributed by atoms with Gasteiger partial charge in [-0.25, -0.2) is 8.42 Å². The topological polar surface area (TPSA) is 63.2 Å². The summed E-state index contributed by atoms with van der Waals surface area (Å²) in [5.41, 5.74) is 0.972. The Bertz CT molecular complexity index is 871. The van der Waals surface area contributed by atoms with Gasteiger partial charge in [0.2, 0.25) is 5.91 Å². The van der Waals surface area contributed by atoms with E-state index in [1.165, 1.54) is 12.1 Å². The van der Waals surface area contributed by atoms with Crippen LogP contribution in [0.25, 0.3) is 0 Å². The average Bonchev–Trinajstić information content (AvgIpc) is 3.37. The van der Waals surface area contributed by atoms with E-state index in [9.17, 15) is 13.2 Å². The summed E-state index contributed by atoms with van der Waals surface area (Å²) in [6.07, 6.45) is 1.56. The lowest BCUT2D eigenvalue weighted by molar-refractivity contribution is -0.118. The van der Waals surface area contributed by atoms with Crippen molar-refractivity contribution in [2.45, 2.75) is 30.1 Å². The van der Waals surface area contributed by atoms with E-state index in [-0.39, 0.29) is 16.6 Å². The Labute approximate surface area is 146 Å². The van der Waals surface area contributed by atoms with Crippen LogP contribution < -0.4 is 5.32 Å². The first-order valence-corrected chi connectivity index (χ1v) is 9.81. The fourth-order valence-corrected chi connectivity index (χ4v) is 3.80. The molecule has 1 amide bonds. The largest absolute Gasteiger partial charge is 0.325 e. The molecular formula is C18H18ClNO3S. The Morgan fingerprint density at radius 1 is 1.17 bits per heavy atom. The van der Waals surface area contributed by atoms with E-state index in [0.717, 1.165) is 18.4 Å². The third-order valence-electron chi connectivity index (χ3n) is 4.41. The lowest BCUT2D eigenvalue weighted by atomic mass is 9.95. The van der Waals surface area contributed by atoms with Gasteiger partial charge in [-0.05, 0) is 54.8 Å². The Kier molecular flexibility index (Phi) is 4.40. The molecule has 4 nitrogen and oxygen atoms in total. The lowest BCUT2D eigenvalue weighted by Gasteiger charge is -2.16. The number of carbonyl (C=O) groups excluding carboxylic acids is 1. The highest BCUT2D eigenvalue weighted by atomic mass is 35.5. The molecule has 0 bridgehead atoms. The molecular weight excluding hydrogens is 346 g/mol. The maximum absolute atomic E-state index is 12.7. The summed E-state index contributed by atoms with van der Waals surface area (Å²) < 4.78 is 23.6. The fraction of sp³-hybridized carbons (Fsp3) is 0.278. The number of rotatable bonds is 5. The molecule has 1 N–H and O–H groups in total. The van der Waals surface area contributed by atoms with Crippen molar-refractivity contribution in [1.82, 2.24) is 0 Å². The highest BCUT2D eigenvalue weighted by Gasteiger charge is 2.51. The summed E-state index contributed by atoms with van der Waals surface area (Å²) >= 11 is 6.03. The van der Waals surface area contributed by atoms with Crippen molar-refractivity contribution in [3.63, 3.8) is 0 Å². The Hall–Kier alpha value is -1.85. The van der Waals surface area contributed by atoms with E-state index in [1.807, 2.05) is 18.2 Å². The number of anilines is 1. The third-order valence-corrected chi connectivity index (χ3v) is 6.40. The standard InChI is InChI=1S/C18H18ClNO3S/c1-2-24(22,23)16-8-6-15(7-9-16)20-17(21)18(10-11-18)13-4-3-5-14(19)12-13/h3-9,12H,2,10-11H2,1H3,(H,20,21). The van der Waals surface area contributed by atoms with Gasteiger partial charge in [0.15, 0.2) is 9.84 Å². The van der Waals surface area contributed by atoms with Crippen LogP contribution in [0.1, 0.15) is 25.3 Å². The van der Waals surface area contributed by atoms with Crippen LogP contribution in [0.5, 0.6) is 0 Å². The molecule has 126 valence electrons. The summed E-state index contributed by atoms with van der Waals surface area (Å²) in [4.78, 5) is 12.9. The zero-order valence-electron chi connectivity index (χ0n) is 13.3. The quantitative estimate of drug-likeness (QED) is 0.878. The van der Waals surface area contributed by atoms with E-state index < -0.39 is 15.3 Å². The van der Waals surface area contributed by atoms with E-state index in [2.05, 4.69) is 5.32 Å². The minimum Gasteiger partial charge on any atom is -0.325 e. The molecule has 6 heteroatoms. The van der Waals surface area contributed by atoms with Crippen molar-refractivity contribution in [3.05, 3.63) is 59.1 Å². The van der Waals surface area contributed by atoms with Gasteiger partial charge in [0, 0.05) is 10.7 Å². The van der Waals surface area contributed by atoms with Gasteiger partial charge < -0.3 is 5.32 Å². The van der Waals surface area contributed by atoms with Crippen LogP contribution in [0, 0.1) is 0 Å². The molecule has 0 aliphatic heterocycles. The van der Waals surface area contributed by atoms with Crippen LogP contribution in [0.4, 0.5) is 5.69 Å². The van der Waals surface area contributed by atoms with Crippen LogP contribution in [-0.4, -0.2) is 20.1 Å². The number of hydrogen-bond donors (Lipinski definition) is 1. The zero-order chi connectivity index (χ0) is 17.4. The van der Waals surface area contributed by atoms with Crippen LogP contribution in [0.15, 0.2) is 53.4 Å². The van der Waals surface area contributed by atoms with Gasteiger partial charge in [0.1, 0.15) is 0 Å². The number of sulfone groups is 1. The maximum atomic E-state index is 12.7. The monoisotopic (exact) mass is 363 g/mol. The number of benzene rings is 2. The van der Waals surface area contributed by atoms with Crippen molar-refractivity contribution in [3.8, 4) is 0 Å². The van der Waals surface area contributed by atoms with E-state index in [4.69, 9.17) is 11.6 Å². The average molecular weight is 364 g/mol. The van der Waals surface area contributed by atoms with Gasteiger partial charge >= 0.3 is 0 Å². The molecule has 1 fully saturated rings.